The first kappa shape index (κ1) is 19.9. The van der Waals surface area contributed by atoms with Gasteiger partial charge in [-0.25, -0.2) is 4.79 Å². The lowest BCUT2D eigenvalue weighted by atomic mass is 10.2. The highest BCUT2D eigenvalue weighted by molar-refractivity contribution is 8.18. The van der Waals surface area contributed by atoms with E-state index in [1.54, 1.807) is 6.08 Å². The number of hydrogen-bond acceptors (Lipinski definition) is 5. The molecular formula is C21H22N2O4S. The van der Waals surface area contributed by atoms with Crippen molar-refractivity contribution < 1.29 is 19.1 Å². The third-order valence-corrected chi connectivity index (χ3v) is 5.69. The Kier molecular flexibility index (Phi) is 5.47. The lowest BCUT2D eigenvalue weighted by Crippen LogP contribution is -2.42. The highest BCUT2D eigenvalue weighted by atomic mass is 32.2. The maximum atomic E-state index is 12.7. The van der Waals surface area contributed by atoms with E-state index in [1.807, 2.05) is 51.1 Å². The second-order valence-electron chi connectivity index (χ2n) is 6.75. The molecule has 146 valence electrons. The van der Waals surface area contributed by atoms with Gasteiger partial charge < -0.3 is 9.30 Å². The predicted octanol–water partition coefficient (Wildman–Crippen LogP) is 4.00. The summed E-state index contributed by atoms with van der Waals surface area (Å²) in [6, 6.07) is 9.22. The van der Waals surface area contributed by atoms with E-state index in [-0.39, 0.29) is 0 Å². The number of methoxy groups -OCH3 is 1. The fraction of sp³-hybridized carbons (Fsp3) is 0.286. The van der Waals surface area contributed by atoms with Gasteiger partial charge in [0.15, 0.2) is 0 Å². The van der Waals surface area contributed by atoms with Gasteiger partial charge in [-0.15, -0.1) is 0 Å². The van der Waals surface area contributed by atoms with Crippen LogP contribution in [0, 0.1) is 20.8 Å². The predicted molar refractivity (Wildman–Crippen MR) is 109 cm³/mol. The highest BCUT2D eigenvalue weighted by Gasteiger charge is 2.41. The van der Waals surface area contributed by atoms with Crippen molar-refractivity contribution in [2.24, 2.45) is 0 Å². The highest BCUT2D eigenvalue weighted by Crippen LogP contribution is 2.35. The summed E-state index contributed by atoms with van der Waals surface area (Å²) >= 11 is 0.836. The van der Waals surface area contributed by atoms with Crippen LogP contribution in [0.5, 0.6) is 0 Å². The van der Waals surface area contributed by atoms with Gasteiger partial charge in [-0.05, 0) is 69.3 Å². The van der Waals surface area contributed by atoms with Crippen LogP contribution in [0.2, 0.25) is 0 Å². The Labute approximate surface area is 168 Å². The summed E-state index contributed by atoms with van der Waals surface area (Å²) in [7, 11) is 1.23. The normalized spacial score (nSPS) is 16.8. The molecule has 1 aliphatic heterocycles. The van der Waals surface area contributed by atoms with Gasteiger partial charge in [0.05, 0.1) is 12.0 Å². The van der Waals surface area contributed by atoms with Crippen molar-refractivity contribution >= 4 is 35.0 Å². The molecule has 1 aromatic carbocycles. The van der Waals surface area contributed by atoms with Crippen LogP contribution in [0.1, 0.15) is 29.4 Å². The Balaban J connectivity index is 1.95. The van der Waals surface area contributed by atoms with Crippen molar-refractivity contribution in [3.63, 3.8) is 0 Å². The maximum absolute atomic E-state index is 12.7. The third-order valence-electron chi connectivity index (χ3n) is 4.80. The first-order chi connectivity index (χ1) is 13.2. The standard InChI is InChI=1S/C21H22N2O4S/c1-12-6-8-17(9-7-12)22-13(2)10-16(14(22)3)11-18-19(24)23(21(26)28-18)15(4)20(25)27-5/h6-11,15H,1-5H3/b18-11-/t15-/m1/s1. The number of thioether (sulfide) groups is 1. The molecule has 1 aliphatic rings. The number of ether oxygens (including phenoxy) is 1. The van der Waals surface area contributed by atoms with Crippen molar-refractivity contribution in [1.29, 1.82) is 0 Å². The molecule has 7 heteroatoms. The average molecular weight is 398 g/mol. The molecule has 2 aromatic rings. The number of carbonyl (C=O) groups excluding carboxylic acids is 3. The Hall–Kier alpha value is -2.80. The molecule has 2 heterocycles. The first-order valence-electron chi connectivity index (χ1n) is 8.85. The van der Waals surface area contributed by atoms with E-state index in [4.69, 9.17) is 0 Å². The Morgan fingerprint density at radius 3 is 2.39 bits per heavy atom. The lowest BCUT2D eigenvalue weighted by Gasteiger charge is -2.18. The maximum Gasteiger partial charge on any atom is 0.328 e. The van der Waals surface area contributed by atoms with Crippen LogP contribution in [0.4, 0.5) is 4.79 Å². The molecule has 0 saturated carbocycles. The average Bonchev–Trinajstić information content (AvgIpc) is 3.10. The number of amides is 2. The van der Waals surface area contributed by atoms with Crippen LogP contribution < -0.4 is 0 Å². The summed E-state index contributed by atoms with van der Waals surface area (Å²) in [5.74, 6) is -1.10. The third kappa shape index (κ3) is 3.49. The molecular weight excluding hydrogens is 376 g/mol. The molecule has 0 spiro atoms. The molecule has 0 radical (unpaired) electrons. The zero-order valence-corrected chi connectivity index (χ0v) is 17.3. The van der Waals surface area contributed by atoms with Crippen LogP contribution in [-0.4, -0.2) is 39.7 Å². The van der Waals surface area contributed by atoms with Gasteiger partial charge in [0.1, 0.15) is 6.04 Å². The van der Waals surface area contributed by atoms with E-state index >= 15 is 0 Å². The van der Waals surface area contributed by atoms with E-state index in [1.165, 1.54) is 19.6 Å². The number of aryl methyl sites for hydroxylation is 2. The molecule has 2 amide bonds. The smallest absolute Gasteiger partial charge is 0.328 e. The summed E-state index contributed by atoms with van der Waals surface area (Å²) in [5, 5.41) is -0.471. The van der Waals surface area contributed by atoms with Crippen molar-refractivity contribution in [1.82, 2.24) is 9.47 Å². The number of hydrogen-bond donors (Lipinski definition) is 0. The second-order valence-corrected chi connectivity index (χ2v) is 7.74. The van der Waals surface area contributed by atoms with Gasteiger partial charge in [-0.1, -0.05) is 17.7 Å². The number of imide groups is 1. The minimum absolute atomic E-state index is 0.296. The molecule has 0 unspecified atom stereocenters. The SMILES string of the molecule is COC(=O)[C@@H](C)N1C(=O)S/C(=C\c2cc(C)n(-c3ccc(C)cc3)c2C)C1=O. The first-order valence-corrected chi connectivity index (χ1v) is 9.67. The zero-order chi connectivity index (χ0) is 20.6. The number of nitrogens with zero attached hydrogens (tertiary/aromatic N) is 2. The van der Waals surface area contributed by atoms with Gasteiger partial charge in [-0.3, -0.25) is 14.5 Å². The largest absolute Gasteiger partial charge is 0.467 e. The molecule has 3 rings (SSSR count). The summed E-state index contributed by atoms with van der Waals surface area (Å²) < 4.78 is 6.76. The molecule has 1 saturated heterocycles. The number of carbonyl (C=O) groups is 3. The molecule has 1 aromatic heterocycles. The Morgan fingerprint density at radius 2 is 1.79 bits per heavy atom. The summed E-state index contributed by atoms with van der Waals surface area (Å²) in [6.45, 7) is 7.49. The topological polar surface area (TPSA) is 68.6 Å². The molecule has 0 aliphatic carbocycles. The van der Waals surface area contributed by atoms with Crippen LogP contribution in [0.15, 0.2) is 35.2 Å². The van der Waals surface area contributed by atoms with E-state index in [0.29, 0.717) is 4.91 Å². The minimum Gasteiger partial charge on any atom is -0.467 e. The van der Waals surface area contributed by atoms with E-state index in [9.17, 15) is 14.4 Å². The van der Waals surface area contributed by atoms with Crippen molar-refractivity contribution in [2.75, 3.05) is 7.11 Å². The van der Waals surface area contributed by atoms with E-state index in [0.717, 1.165) is 39.3 Å². The summed E-state index contributed by atoms with van der Waals surface area (Å²) in [6.07, 6.45) is 1.71. The summed E-state index contributed by atoms with van der Waals surface area (Å²) in [5.41, 5.74) is 5.06. The number of aromatic nitrogens is 1. The van der Waals surface area contributed by atoms with Gasteiger partial charge in [0.25, 0.3) is 11.1 Å². The molecule has 1 fully saturated rings. The zero-order valence-electron chi connectivity index (χ0n) is 16.5. The van der Waals surface area contributed by atoms with Crippen LogP contribution in [-0.2, 0) is 14.3 Å². The molecule has 1 atom stereocenters. The molecule has 0 bridgehead atoms. The Morgan fingerprint density at radius 1 is 1.14 bits per heavy atom. The van der Waals surface area contributed by atoms with Crippen molar-refractivity contribution in [3.8, 4) is 5.69 Å². The van der Waals surface area contributed by atoms with Gasteiger partial charge in [0.2, 0.25) is 0 Å². The van der Waals surface area contributed by atoms with Gasteiger partial charge >= 0.3 is 5.97 Å². The number of rotatable bonds is 4. The lowest BCUT2D eigenvalue weighted by molar-refractivity contribution is -0.148. The Bertz CT molecular complexity index is 989. The number of benzene rings is 1. The van der Waals surface area contributed by atoms with Gasteiger partial charge in [-0.2, -0.15) is 0 Å². The van der Waals surface area contributed by atoms with Gasteiger partial charge in [0, 0.05) is 17.1 Å². The molecule has 0 N–H and O–H groups in total. The van der Waals surface area contributed by atoms with Crippen LogP contribution in [0.3, 0.4) is 0 Å². The molecule has 6 nitrogen and oxygen atoms in total. The number of esters is 1. The second kappa shape index (κ2) is 7.67. The molecule has 28 heavy (non-hydrogen) atoms. The quantitative estimate of drug-likeness (QED) is 0.575. The summed E-state index contributed by atoms with van der Waals surface area (Å²) in [4.78, 5) is 37.9. The fourth-order valence-corrected chi connectivity index (χ4v) is 4.15. The minimum atomic E-state index is -0.955. The van der Waals surface area contributed by atoms with E-state index in [2.05, 4.69) is 9.30 Å². The van der Waals surface area contributed by atoms with Crippen molar-refractivity contribution in [2.45, 2.75) is 33.7 Å². The fourth-order valence-electron chi connectivity index (χ4n) is 3.26. The monoisotopic (exact) mass is 398 g/mol. The van der Waals surface area contributed by atoms with Crippen LogP contribution >= 0.6 is 11.8 Å². The van der Waals surface area contributed by atoms with Crippen LogP contribution in [0.25, 0.3) is 11.8 Å². The van der Waals surface area contributed by atoms with Crippen molar-refractivity contribution in [3.05, 3.63) is 57.8 Å². The van der Waals surface area contributed by atoms with E-state index < -0.39 is 23.2 Å².